The molecule has 6 atom stereocenters. The first-order chi connectivity index (χ1) is 11.5. The maximum absolute atomic E-state index is 11.4. The predicted molar refractivity (Wildman–Crippen MR) is 82.7 cm³/mol. The third-order valence-corrected chi connectivity index (χ3v) is 4.94. The first-order valence-corrected chi connectivity index (χ1v) is 8.91. The van der Waals surface area contributed by atoms with Gasteiger partial charge in [-0.1, -0.05) is 30.3 Å². The lowest BCUT2D eigenvalue weighted by Crippen LogP contribution is -2.43. The van der Waals surface area contributed by atoms with E-state index in [2.05, 4.69) is 0 Å². The van der Waals surface area contributed by atoms with Gasteiger partial charge in [0, 0.05) is 0 Å². The maximum atomic E-state index is 11.4. The Bertz CT molecular complexity index is 608. The number of hydrogen-bond acceptors (Lipinski definition) is 7. The molecule has 1 aromatic carbocycles. The van der Waals surface area contributed by atoms with Crippen molar-refractivity contribution >= 4 is 11.4 Å². The van der Waals surface area contributed by atoms with Gasteiger partial charge in [-0.25, -0.2) is 0 Å². The molecule has 0 N–H and O–H groups in total. The van der Waals surface area contributed by atoms with Gasteiger partial charge in [-0.15, -0.1) is 0 Å². The highest BCUT2D eigenvalue weighted by Crippen LogP contribution is 2.41. The van der Waals surface area contributed by atoms with Crippen LogP contribution in [0.5, 0.6) is 0 Å². The molecule has 3 heterocycles. The van der Waals surface area contributed by atoms with Crippen LogP contribution in [0.3, 0.4) is 0 Å². The minimum Gasteiger partial charge on any atom is -0.368 e. The third kappa shape index (κ3) is 3.28. The molecule has 0 aromatic heterocycles. The first kappa shape index (κ1) is 16.6. The van der Waals surface area contributed by atoms with Gasteiger partial charge < -0.3 is 18.9 Å². The fourth-order valence-electron chi connectivity index (χ4n) is 3.19. The fraction of sp³-hybridized carbons (Fsp3) is 0.625. The molecular formula is C16H20O7S. The zero-order valence-corrected chi connectivity index (χ0v) is 14.3. The van der Waals surface area contributed by atoms with Crippen molar-refractivity contribution in [3.63, 3.8) is 0 Å². The van der Waals surface area contributed by atoms with Crippen molar-refractivity contribution in [3.05, 3.63) is 35.9 Å². The standard InChI is InChI=1S/C16H20O7S/c1-16(2)21-14-13(18-8-10-6-4-3-5-7-10)12(20-15(14)22-16)11-9-19-24(17)23-11/h3-7,11-15H,8-9H2,1-2H3/t11-,12-,13-,14-,15-,24?/m1/s1. The Morgan fingerprint density at radius 1 is 1.21 bits per heavy atom. The summed E-state index contributed by atoms with van der Waals surface area (Å²) in [6.45, 7) is 4.27. The van der Waals surface area contributed by atoms with Crippen molar-refractivity contribution in [3.8, 4) is 0 Å². The van der Waals surface area contributed by atoms with Crippen LogP contribution in [0.25, 0.3) is 0 Å². The molecule has 0 spiro atoms. The zero-order chi connectivity index (χ0) is 16.7. The minimum atomic E-state index is -1.74. The number of ether oxygens (including phenoxy) is 4. The van der Waals surface area contributed by atoms with E-state index in [-0.39, 0.29) is 12.7 Å². The van der Waals surface area contributed by atoms with Gasteiger partial charge in [0.25, 0.3) is 0 Å². The van der Waals surface area contributed by atoms with Crippen molar-refractivity contribution in [2.75, 3.05) is 6.61 Å². The summed E-state index contributed by atoms with van der Waals surface area (Å²) in [6, 6.07) is 9.85. The van der Waals surface area contributed by atoms with Gasteiger partial charge in [0.05, 0.1) is 13.2 Å². The van der Waals surface area contributed by atoms with Crippen LogP contribution < -0.4 is 0 Å². The van der Waals surface area contributed by atoms with E-state index < -0.39 is 41.8 Å². The molecule has 0 radical (unpaired) electrons. The lowest BCUT2D eigenvalue weighted by Gasteiger charge is -2.27. The zero-order valence-electron chi connectivity index (χ0n) is 13.5. The van der Waals surface area contributed by atoms with Gasteiger partial charge in [-0.3, -0.25) is 8.37 Å². The SMILES string of the molecule is CC1(C)O[C@H]2O[C@H]([C@H]3COS(=O)O3)[C@@H](OCc3ccccc3)[C@H]2O1. The number of rotatable bonds is 4. The number of fused-ring (bicyclic) bond motifs is 1. The Hall–Kier alpha value is -0.870. The van der Waals surface area contributed by atoms with Gasteiger partial charge >= 0.3 is 11.4 Å². The Kier molecular flexibility index (Phi) is 4.46. The monoisotopic (exact) mass is 356 g/mol. The van der Waals surface area contributed by atoms with Crippen molar-refractivity contribution in [2.24, 2.45) is 0 Å². The van der Waals surface area contributed by atoms with Crippen LogP contribution in [0.1, 0.15) is 19.4 Å². The molecule has 1 unspecified atom stereocenters. The van der Waals surface area contributed by atoms with E-state index in [0.717, 1.165) is 5.56 Å². The van der Waals surface area contributed by atoms with Crippen molar-refractivity contribution in [1.82, 2.24) is 0 Å². The molecule has 3 saturated heterocycles. The molecule has 3 fully saturated rings. The lowest BCUT2D eigenvalue weighted by molar-refractivity contribution is -0.227. The molecule has 4 rings (SSSR count). The summed E-state index contributed by atoms with van der Waals surface area (Å²) in [5.41, 5.74) is 1.05. The molecule has 3 aliphatic rings. The van der Waals surface area contributed by atoms with Gasteiger partial charge in [0.15, 0.2) is 12.1 Å². The van der Waals surface area contributed by atoms with Gasteiger partial charge in [-0.2, -0.15) is 4.21 Å². The molecule has 3 aliphatic heterocycles. The Labute approximate surface area is 143 Å². The molecule has 0 amide bonds. The number of benzene rings is 1. The normalized spacial score (nSPS) is 40.8. The minimum absolute atomic E-state index is 0.186. The van der Waals surface area contributed by atoms with E-state index in [1.165, 1.54) is 0 Å². The van der Waals surface area contributed by atoms with E-state index in [9.17, 15) is 4.21 Å². The van der Waals surface area contributed by atoms with Crippen molar-refractivity contribution < 1.29 is 31.5 Å². The molecule has 7 nitrogen and oxygen atoms in total. The quantitative estimate of drug-likeness (QED) is 0.808. The van der Waals surface area contributed by atoms with Crippen molar-refractivity contribution in [2.45, 2.75) is 56.9 Å². The van der Waals surface area contributed by atoms with Crippen LogP contribution in [0.2, 0.25) is 0 Å². The largest absolute Gasteiger partial charge is 0.368 e. The summed E-state index contributed by atoms with van der Waals surface area (Å²) in [5.74, 6) is -0.732. The van der Waals surface area contributed by atoms with Gasteiger partial charge in [0.2, 0.25) is 0 Å². The van der Waals surface area contributed by atoms with Crippen LogP contribution in [0.15, 0.2) is 30.3 Å². The average Bonchev–Trinajstić information content (AvgIpc) is 3.18. The maximum Gasteiger partial charge on any atom is 0.305 e. The Morgan fingerprint density at radius 2 is 2.00 bits per heavy atom. The highest BCUT2D eigenvalue weighted by molar-refractivity contribution is 7.75. The molecule has 1 aromatic rings. The molecule has 132 valence electrons. The van der Waals surface area contributed by atoms with E-state index in [1.807, 2.05) is 44.2 Å². The molecular weight excluding hydrogens is 336 g/mol. The summed E-state index contributed by atoms with van der Waals surface area (Å²) in [5, 5.41) is 0. The Balaban J connectivity index is 1.50. The van der Waals surface area contributed by atoms with E-state index >= 15 is 0 Å². The van der Waals surface area contributed by atoms with E-state index in [1.54, 1.807) is 0 Å². The summed E-state index contributed by atoms with van der Waals surface area (Å²) in [6.07, 6.45) is -2.26. The predicted octanol–water partition coefficient (Wildman–Crippen LogP) is 1.44. The highest BCUT2D eigenvalue weighted by Gasteiger charge is 2.58. The molecule has 8 heteroatoms. The molecule has 24 heavy (non-hydrogen) atoms. The summed E-state index contributed by atoms with van der Waals surface area (Å²) < 4.78 is 45.4. The summed E-state index contributed by atoms with van der Waals surface area (Å²) in [7, 11) is 0. The average molecular weight is 356 g/mol. The van der Waals surface area contributed by atoms with Crippen LogP contribution in [0, 0.1) is 0 Å². The topological polar surface area (TPSA) is 72.5 Å². The third-order valence-electron chi connectivity index (χ3n) is 4.21. The van der Waals surface area contributed by atoms with Gasteiger partial charge in [0.1, 0.15) is 24.4 Å². The lowest BCUT2D eigenvalue weighted by atomic mass is 10.1. The highest BCUT2D eigenvalue weighted by atomic mass is 32.2. The van der Waals surface area contributed by atoms with Crippen molar-refractivity contribution in [1.29, 1.82) is 0 Å². The second-order valence-electron chi connectivity index (χ2n) is 6.45. The molecule has 0 aliphatic carbocycles. The number of hydrogen-bond donors (Lipinski definition) is 0. The first-order valence-electron chi connectivity index (χ1n) is 7.91. The van der Waals surface area contributed by atoms with E-state index in [0.29, 0.717) is 6.61 Å². The van der Waals surface area contributed by atoms with Crippen LogP contribution in [0.4, 0.5) is 0 Å². The summed E-state index contributed by atoms with van der Waals surface area (Å²) >= 11 is -1.74. The summed E-state index contributed by atoms with van der Waals surface area (Å²) in [4.78, 5) is 0. The second-order valence-corrected chi connectivity index (χ2v) is 7.29. The van der Waals surface area contributed by atoms with Crippen LogP contribution >= 0.6 is 0 Å². The molecule has 0 bridgehead atoms. The van der Waals surface area contributed by atoms with Crippen LogP contribution in [-0.4, -0.2) is 47.3 Å². The fourth-order valence-corrected chi connectivity index (χ4v) is 3.86. The van der Waals surface area contributed by atoms with Gasteiger partial charge in [-0.05, 0) is 19.4 Å². The van der Waals surface area contributed by atoms with Crippen LogP contribution in [-0.2, 0) is 45.3 Å². The second kappa shape index (κ2) is 6.45. The molecule has 0 saturated carbocycles. The van der Waals surface area contributed by atoms with E-state index in [4.69, 9.17) is 27.3 Å². The Morgan fingerprint density at radius 3 is 2.71 bits per heavy atom. The smallest absolute Gasteiger partial charge is 0.305 e.